The zero-order valence-corrected chi connectivity index (χ0v) is 17.2. The van der Waals surface area contributed by atoms with Crippen molar-refractivity contribution >= 4 is 33.2 Å². The predicted octanol–water partition coefficient (Wildman–Crippen LogP) is 5.91. The number of aromatic nitrogens is 1. The van der Waals surface area contributed by atoms with Gasteiger partial charge in [-0.15, -0.1) is 11.3 Å². The minimum Gasteiger partial charge on any atom is -0.506 e. The fraction of sp³-hybridized carbons (Fsp3) is 0.136. The number of methoxy groups -OCH3 is 1. The topological polar surface area (TPSA) is 62.3 Å². The normalized spacial score (nSPS) is 11.1. The van der Waals surface area contributed by atoms with Gasteiger partial charge >= 0.3 is 0 Å². The van der Waals surface area contributed by atoms with E-state index in [-0.39, 0.29) is 16.9 Å². The van der Waals surface area contributed by atoms with Crippen molar-refractivity contribution in [1.82, 2.24) is 4.98 Å². The molecule has 0 aliphatic carbocycles. The third kappa shape index (κ3) is 2.79. The minimum absolute atomic E-state index is 0.0802. The highest BCUT2D eigenvalue weighted by Crippen LogP contribution is 2.49. The summed E-state index contributed by atoms with van der Waals surface area (Å²) in [5.41, 5.74) is 4.06. The summed E-state index contributed by atoms with van der Waals surface area (Å²) in [6, 6.07) is 13.0. The Bertz CT molecular complexity index is 1260. The molecular formula is C22H18ClNO3S. The summed E-state index contributed by atoms with van der Waals surface area (Å²) in [5, 5.41) is 11.6. The molecule has 2 aromatic carbocycles. The van der Waals surface area contributed by atoms with E-state index in [0.29, 0.717) is 31.4 Å². The number of aryl methyl sites for hydroxylation is 1. The van der Waals surface area contributed by atoms with E-state index in [1.54, 1.807) is 19.2 Å². The minimum atomic E-state index is -0.354. The lowest BCUT2D eigenvalue weighted by Gasteiger charge is -2.14. The second kappa shape index (κ2) is 7.00. The molecule has 0 amide bonds. The lowest BCUT2D eigenvalue weighted by molar-refractivity contribution is 0.413. The highest BCUT2D eigenvalue weighted by atomic mass is 35.5. The molecule has 0 bridgehead atoms. The first-order chi connectivity index (χ1) is 13.4. The molecule has 2 heterocycles. The lowest BCUT2D eigenvalue weighted by Crippen LogP contribution is -2.08. The highest BCUT2D eigenvalue weighted by molar-refractivity contribution is 7.23. The number of aromatic hydroxyl groups is 1. The van der Waals surface area contributed by atoms with Gasteiger partial charge in [-0.25, -0.2) is 0 Å². The Hall–Kier alpha value is -2.76. The first kappa shape index (κ1) is 18.6. The summed E-state index contributed by atoms with van der Waals surface area (Å²) in [7, 11) is 1.62. The number of H-pyrrole nitrogens is 1. The molecule has 4 rings (SSSR count). The van der Waals surface area contributed by atoms with Crippen LogP contribution in [-0.2, 0) is 0 Å². The molecular weight excluding hydrogens is 394 g/mol. The van der Waals surface area contributed by atoms with Crippen molar-refractivity contribution in [2.24, 2.45) is 0 Å². The molecule has 0 spiro atoms. The maximum Gasteiger partial charge on any atom is 0.260 e. The van der Waals surface area contributed by atoms with Crippen LogP contribution in [0.4, 0.5) is 0 Å². The van der Waals surface area contributed by atoms with Gasteiger partial charge in [0.15, 0.2) is 0 Å². The number of ether oxygens (including phenoxy) is 1. The van der Waals surface area contributed by atoms with E-state index in [1.165, 1.54) is 11.3 Å². The van der Waals surface area contributed by atoms with Crippen molar-refractivity contribution < 1.29 is 9.84 Å². The average Bonchev–Trinajstić information content (AvgIpc) is 3.00. The molecule has 0 unspecified atom stereocenters. The van der Waals surface area contributed by atoms with Gasteiger partial charge in [-0.1, -0.05) is 54.1 Å². The van der Waals surface area contributed by atoms with E-state index >= 15 is 0 Å². The van der Waals surface area contributed by atoms with Gasteiger partial charge in [0.1, 0.15) is 20.7 Å². The number of pyridine rings is 1. The molecule has 0 aliphatic heterocycles. The van der Waals surface area contributed by atoms with Crippen LogP contribution in [0.15, 0.2) is 47.3 Å². The number of thiophene rings is 1. The molecule has 0 saturated carbocycles. The number of hydrogen-bond donors (Lipinski definition) is 2. The molecule has 4 aromatic rings. The third-order valence-corrected chi connectivity index (χ3v) is 6.32. The van der Waals surface area contributed by atoms with E-state index in [4.69, 9.17) is 16.3 Å². The van der Waals surface area contributed by atoms with Gasteiger partial charge in [0, 0.05) is 11.1 Å². The van der Waals surface area contributed by atoms with Gasteiger partial charge in [0.25, 0.3) is 5.56 Å². The lowest BCUT2D eigenvalue weighted by atomic mass is 9.97. The fourth-order valence-electron chi connectivity index (χ4n) is 3.48. The van der Waals surface area contributed by atoms with Crippen molar-refractivity contribution in [3.63, 3.8) is 0 Å². The maximum atomic E-state index is 12.7. The van der Waals surface area contributed by atoms with Gasteiger partial charge in [-0.05, 0) is 30.5 Å². The highest BCUT2D eigenvalue weighted by Gasteiger charge is 2.24. The average molecular weight is 412 g/mol. The number of halogens is 1. The van der Waals surface area contributed by atoms with Crippen molar-refractivity contribution in [2.75, 3.05) is 7.11 Å². The van der Waals surface area contributed by atoms with Crippen molar-refractivity contribution in [3.05, 3.63) is 68.3 Å². The van der Waals surface area contributed by atoms with Crippen LogP contribution in [0.25, 0.3) is 32.5 Å². The molecule has 0 radical (unpaired) electrons. The smallest absolute Gasteiger partial charge is 0.260 e. The Balaban J connectivity index is 2.11. The summed E-state index contributed by atoms with van der Waals surface area (Å²) in [6.07, 6.45) is 0. The van der Waals surface area contributed by atoms with E-state index in [2.05, 4.69) is 4.98 Å². The zero-order chi connectivity index (χ0) is 20.0. The first-order valence-electron chi connectivity index (χ1n) is 8.71. The monoisotopic (exact) mass is 411 g/mol. The number of fused-ring (bicyclic) bond motifs is 1. The third-order valence-electron chi connectivity index (χ3n) is 5.01. The van der Waals surface area contributed by atoms with Crippen LogP contribution in [0.5, 0.6) is 11.5 Å². The van der Waals surface area contributed by atoms with E-state index in [9.17, 15) is 9.90 Å². The zero-order valence-electron chi connectivity index (χ0n) is 15.6. The van der Waals surface area contributed by atoms with Crippen LogP contribution in [0.3, 0.4) is 0 Å². The quantitative estimate of drug-likeness (QED) is 0.440. The van der Waals surface area contributed by atoms with Crippen molar-refractivity contribution in [1.29, 1.82) is 0 Å². The molecule has 2 N–H and O–H groups in total. The standard InChI is InChI=1S/C22H18ClNO3S/c1-11-9-10-14(19(27-3)12(11)2)16-17-18(25)15(13-7-5-4-6-8-13)21(26)24-22(17)28-20(16)23/h4-10H,1-3H3,(H2,24,25,26). The number of benzene rings is 2. The molecule has 0 atom stereocenters. The van der Waals surface area contributed by atoms with E-state index in [1.807, 2.05) is 44.2 Å². The molecule has 0 fully saturated rings. The molecule has 0 saturated heterocycles. The van der Waals surface area contributed by atoms with Crippen molar-refractivity contribution in [2.45, 2.75) is 13.8 Å². The summed E-state index contributed by atoms with van der Waals surface area (Å²) in [6.45, 7) is 3.99. The second-order valence-electron chi connectivity index (χ2n) is 6.59. The SMILES string of the molecule is COc1c(-c2c(Cl)sc3[nH]c(=O)c(-c4ccccc4)c(O)c23)ccc(C)c1C. The van der Waals surface area contributed by atoms with Gasteiger partial charge < -0.3 is 14.8 Å². The number of rotatable bonds is 3. The summed E-state index contributed by atoms with van der Waals surface area (Å²) in [4.78, 5) is 16.1. The van der Waals surface area contributed by atoms with Gasteiger partial charge in [0.2, 0.25) is 0 Å². The number of nitrogens with one attached hydrogen (secondary N) is 1. The number of aromatic amines is 1. The summed E-state index contributed by atoms with van der Waals surface area (Å²) >= 11 is 7.81. The molecule has 6 heteroatoms. The Labute approximate surface area is 171 Å². The van der Waals surface area contributed by atoms with Crippen LogP contribution in [0.2, 0.25) is 4.34 Å². The summed E-state index contributed by atoms with van der Waals surface area (Å²) in [5.74, 6) is 0.622. The molecule has 0 aliphatic rings. The van der Waals surface area contributed by atoms with Gasteiger partial charge in [0.05, 0.1) is 18.1 Å². The van der Waals surface area contributed by atoms with Gasteiger partial charge in [-0.3, -0.25) is 4.79 Å². The van der Waals surface area contributed by atoms with Crippen molar-refractivity contribution in [3.8, 4) is 33.8 Å². The van der Waals surface area contributed by atoms with E-state index < -0.39 is 0 Å². The Kier molecular flexibility index (Phi) is 4.65. The van der Waals surface area contributed by atoms with E-state index in [0.717, 1.165) is 16.7 Å². The van der Waals surface area contributed by atoms with Crippen LogP contribution < -0.4 is 10.3 Å². The Morgan fingerprint density at radius 3 is 2.46 bits per heavy atom. The Morgan fingerprint density at radius 1 is 1.07 bits per heavy atom. The first-order valence-corrected chi connectivity index (χ1v) is 9.90. The molecule has 4 nitrogen and oxygen atoms in total. The molecule has 142 valence electrons. The summed E-state index contributed by atoms with van der Waals surface area (Å²) < 4.78 is 6.13. The Morgan fingerprint density at radius 2 is 1.79 bits per heavy atom. The maximum absolute atomic E-state index is 12.7. The van der Waals surface area contributed by atoms with Crippen LogP contribution in [0.1, 0.15) is 11.1 Å². The molecule has 2 aromatic heterocycles. The number of hydrogen-bond acceptors (Lipinski definition) is 4. The predicted molar refractivity (Wildman–Crippen MR) is 116 cm³/mol. The largest absolute Gasteiger partial charge is 0.506 e. The van der Waals surface area contributed by atoms with Crippen LogP contribution >= 0.6 is 22.9 Å². The van der Waals surface area contributed by atoms with Crippen LogP contribution in [-0.4, -0.2) is 17.2 Å². The second-order valence-corrected chi connectivity index (χ2v) is 8.21. The van der Waals surface area contributed by atoms with Gasteiger partial charge in [-0.2, -0.15) is 0 Å². The fourth-order valence-corrected chi connectivity index (χ4v) is 4.84. The van der Waals surface area contributed by atoms with Crippen LogP contribution in [0, 0.1) is 13.8 Å². The molecule has 28 heavy (non-hydrogen) atoms.